The fourth-order valence-electron chi connectivity index (χ4n) is 0.719. The van der Waals surface area contributed by atoms with Crippen LogP contribution in [0.1, 0.15) is 22.2 Å². The molecule has 11 heavy (non-hydrogen) atoms. The van der Waals surface area contributed by atoms with E-state index in [2.05, 4.69) is 0 Å². The fraction of sp³-hybridized carbons (Fsp3) is 0.286. The zero-order chi connectivity index (χ0) is 8.43. The summed E-state index contributed by atoms with van der Waals surface area (Å²) in [6.45, 7) is 1.91. The van der Waals surface area contributed by atoms with Crippen LogP contribution in [0.5, 0.6) is 0 Å². The van der Waals surface area contributed by atoms with Gasteiger partial charge < -0.3 is 5.73 Å². The van der Waals surface area contributed by atoms with Gasteiger partial charge in [0.15, 0.2) is 5.78 Å². The predicted octanol–water partition coefficient (Wildman–Crippen LogP) is 2.06. The Labute approximate surface area is 74.0 Å². The monoisotopic (exact) mass is 189 g/mol. The van der Waals surface area contributed by atoms with E-state index < -0.39 is 0 Å². The highest BCUT2D eigenvalue weighted by atomic mass is 35.5. The van der Waals surface area contributed by atoms with Crippen LogP contribution in [0.3, 0.4) is 0 Å². The number of hydrogen-bond donors (Lipinski definition) is 1. The number of carbonyl (C=O) groups excluding carboxylic acids is 1. The smallest absolute Gasteiger partial charge is 0.169 e. The van der Waals surface area contributed by atoms with Crippen LogP contribution in [0, 0.1) is 0 Å². The van der Waals surface area contributed by atoms with Crippen LogP contribution in [-0.4, -0.2) is 5.78 Å². The van der Waals surface area contributed by atoms with E-state index in [0.717, 1.165) is 5.56 Å². The maximum Gasteiger partial charge on any atom is 0.169 e. The molecular weight excluding hydrogens is 182 g/mol. The van der Waals surface area contributed by atoms with E-state index >= 15 is 0 Å². The minimum Gasteiger partial charge on any atom is -0.326 e. The van der Waals surface area contributed by atoms with E-state index in [-0.39, 0.29) is 5.78 Å². The van der Waals surface area contributed by atoms with Gasteiger partial charge in [-0.15, -0.1) is 11.3 Å². The van der Waals surface area contributed by atoms with Crippen LogP contribution < -0.4 is 5.73 Å². The number of hydrogen-bond acceptors (Lipinski definition) is 3. The lowest BCUT2D eigenvalue weighted by Gasteiger charge is -1.86. The van der Waals surface area contributed by atoms with E-state index in [1.165, 1.54) is 18.3 Å². The van der Waals surface area contributed by atoms with Gasteiger partial charge in [-0.25, -0.2) is 0 Å². The van der Waals surface area contributed by atoms with Gasteiger partial charge in [-0.1, -0.05) is 11.6 Å². The molecule has 0 aliphatic rings. The van der Waals surface area contributed by atoms with Crippen LogP contribution >= 0.6 is 22.9 Å². The zero-order valence-corrected chi connectivity index (χ0v) is 7.63. The second-order valence-electron chi connectivity index (χ2n) is 2.17. The van der Waals surface area contributed by atoms with Gasteiger partial charge in [0.25, 0.3) is 0 Å². The summed E-state index contributed by atoms with van der Waals surface area (Å²) in [6, 6.07) is 1.75. The first-order chi connectivity index (χ1) is 5.15. The highest BCUT2D eigenvalue weighted by molar-refractivity contribution is 7.18. The van der Waals surface area contributed by atoms with Crippen molar-refractivity contribution in [3.8, 4) is 0 Å². The molecule has 1 rings (SSSR count). The highest BCUT2D eigenvalue weighted by Crippen LogP contribution is 2.27. The molecule has 0 atom stereocenters. The van der Waals surface area contributed by atoms with Crippen molar-refractivity contribution in [2.24, 2.45) is 5.73 Å². The van der Waals surface area contributed by atoms with Gasteiger partial charge in [0.05, 0.1) is 9.21 Å². The standard InChI is InChI=1S/C7H8ClNOS/c1-4(10)6-2-5(3-9)7(8)11-6/h2H,3,9H2,1H3. The number of carbonyl (C=O) groups is 1. The Morgan fingerprint density at radius 2 is 2.45 bits per heavy atom. The van der Waals surface area contributed by atoms with Crippen molar-refractivity contribution in [3.05, 3.63) is 20.8 Å². The van der Waals surface area contributed by atoms with Crippen molar-refractivity contribution in [2.75, 3.05) is 0 Å². The number of nitrogens with two attached hydrogens (primary N) is 1. The van der Waals surface area contributed by atoms with Crippen molar-refractivity contribution in [1.82, 2.24) is 0 Å². The maximum absolute atomic E-state index is 10.8. The van der Waals surface area contributed by atoms with Gasteiger partial charge in [0, 0.05) is 6.54 Å². The van der Waals surface area contributed by atoms with Gasteiger partial charge in [0.2, 0.25) is 0 Å². The predicted molar refractivity (Wildman–Crippen MR) is 47.2 cm³/mol. The third kappa shape index (κ3) is 1.80. The molecule has 2 nitrogen and oxygen atoms in total. The average Bonchev–Trinajstić information content (AvgIpc) is 2.31. The Hall–Kier alpha value is -0.380. The third-order valence-electron chi connectivity index (χ3n) is 1.32. The van der Waals surface area contributed by atoms with E-state index in [4.69, 9.17) is 17.3 Å². The molecule has 0 amide bonds. The van der Waals surface area contributed by atoms with Crippen LogP contribution in [-0.2, 0) is 6.54 Å². The topological polar surface area (TPSA) is 43.1 Å². The number of ketones is 1. The van der Waals surface area contributed by atoms with Crippen molar-refractivity contribution in [1.29, 1.82) is 0 Å². The van der Waals surface area contributed by atoms with Gasteiger partial charge in [-0.2, -0.15) is 0 Å². The lowest BCUT2D eigenvalue weighted by Crippen LogP contribution is -1.94. The molecule has 0 bridgehead atoms. The second kappa shape index (κ2) is 3.34. The lowest BCUT2D eigenvalue weighted by molar-refractivity contribution is 0.102. The zero-order valence-electron chi connectivity index (χ0n) is 6.06. The molecule has 0 aliphatic heterocycles. The molecule has 1 aromatic rings. The van der Waals surface area contributed by atoms with Gasteiger partial charge >= 0.3 is 0 Å². The normalized spacial score (nSPS) is 10.1. The Bertz CT molecular complexity index is 282. The first-order valence-electron chi connectivity index (χ1n) is 3.14. The third-order valence-corrected chi connectivity index (χ3v) is 2.87. The summed E-state index contributed by atoms with van der Waals surface area (Å²) in [5.74, 6) is 0.0385. The van der Waals surface area contributed by atoms with Crippen molar-refractivity contribution >= 4 is 28.7 Å². The number of rotatable bonds is 2. The molecule has 60 valence electrons. The number of halogens is 1. The van der Waals surface area contributed by atoms with Gasteiger partial charge in [-0.3, -0.25) is 4.79 Å². The average molecular weight is 190 g/mol. The molecule has 0 radical (unpaired) electrons. The van der Waals surface area contributed by atoms with Crippen molar-refractivity contribution in [2.45, 2.75) is 13.5 Å². The van der Waals surface area contributed by atoms with Crippen molar-refractivity contribution in [3.63, 3.8) is 0 Å². The van der Waals surface area contributed by atoms with Crippen LogP contribution in [0.4, 0.5) is 0 Å². The Kier molecular flexibility index (Phi) is 2.65. The summed E-state index contributed by atoms with van der Waals surface area (Å²) in [5.41, 5.74) is 6.22. The minimum absolute atomic E-state index is 0.0385. The van der Waals surface area contributed by atoms with E-state index in [9.17, 15) is 4.79 Å². The molecule has 0 fully saturated rings. The van der Waals surface area contributed by atoms with Crippen LogP contribution in [0.2, 0.25) is 4.34 Å². The lowest BCUT2D eigenvalue weighted by atomic mass is 10.3. The molecule has 4 heteroatoms. The first kappa shape index (κ1) is 8.71. The molecule has 0 saturated carbocycles. The van der Waals surface area contributed by atoms with Crippen LogP contribution in [0.15, 0.2) is 6.07 Å². The van der Waals surface area contributed by atoms with Crippen LogP contribution in [0.25, 0.3) is 0 Å². The Balaban J connectivity index is 3.05. The van der Waals surface area contributed by atoms with Gasteiger partial charge in [0.1, 0.15) is 0 Å². The van der Waals surface area contributed by atoms with E-state index in [1.54, 1.807) is 6.07 Å². The largest absolute Gasteiger partial charge is 0.326 e. The van der Waals surface area contributed by atoms with E-state index in [0.29, 0.717) is 15.8 Å². The molecule has 0 saturated heterocycles. The second-order valence-corrected chi connectivity index (χ2v) is 3.82. The minimum atomic E-state index is 0.0385. The molecule has 1 heterocycles. The molecule has 1 aromatic heterocycles. The molecular formula is C7H8ClNOS. The molecule has 2 N–H and O–H groups in total. The molecule has 0 spiro atoms. The maximum atomic E-state index is 10.8. The summed E-state index contributed by atoms with van der Waals surface area (Å²) in [4.78, 5) is 11.5. The number of thiophene rings is 1. The molecule has 0 aliphatic carbocycles. The molecule has 0 aromatic carbocycles. The Morgan fingerprint density at radius 1 is 1.82 bits per heavy atom. The van der Waals surface area contributed by atoms with E-state index in [1.807, 2.05) is 0 Å². The quantitative estimate of drug-likeness (QED) is 0.724. The summed E-state index contributed by atoms with van der Waals surface area (Å²) < 4.78 is 0.623. The summed E-state index contributed by atoms with van der Waals surface area (Å²) in [6.07, 6.45) is 0. The fourth-order valence-corrected chi connectivity index (χ4v) is 1.91. The molecule has 0 unspecified atom stereocenters. The van der Waals surface area contributed by atoms with Crippen molar-refractivity contribution < 1.29 is 4.79 Å². The number of Topliss-reactive ketones (excluding diaryl/α,β-unsaturated/α-hetero) is 1. The first-order valence-corrected chi connectivity index (χ1v) is 4.33. The highest BCUT2D eigenvalue weighted by Gasteiger charge is 2.07. The summed E-state index contributed by atoms with van der Waals surface area (Å²) in [7, 11) is 0. The SMILES string of the molecule is CC(=O)c1cc(CN)c(Cl)s1. The summed E-state index contributed by atoms with van der Waals surface area (Å²) in [5, 5.41) is 0. The Morgan fingerprint density at radius 3 is 2.73 bits per heavy atom. The van der Waals surface area contributed by atoms with Gasteiger partial charge in [-0.05, 0) is 18.6 Å². The summed E-state index contributed by atoms with van der Waals surface area (Å²) >= 11 is 7.06.